The van der Waals surface area contributed by atoms with E-state index in [0.717, 1.165) is 21.7 Å². The number of nitrogens with zero attached hydrogens (tertiary/aromatic N) is 3. The van der Waals surface area contributed by atoms with Crippen LogP contribution in [-0.2, 0) is 6.54 Å². The van der Waals surface area contributed by atoms with Crippen molar-refractivity contribution in [2.24, 2.45) is 0 Å². The van der Waals surface area contributed by atoms with Gasteiger partial charge in [-0.1, -0.05) is 72.3 Å². The second-order valence-electron chi connectivity index (χ2n) is 4.62. The molecule has 0 unspecified atom stereocenters. The van der Waals surface area contributed by atoms with Crippen LogP contribution in [0.4, 0.5) is 0 Å². The molecule has 0 spiro atoms. The van der Waals surface area contributed by atoms with Crippen LogP contribution in [0.5, 0.6) is 0 Å². The molecule has 0 aliphatic carbocycles. The van der Waals surface area contributed by atoms with Gasteiger partial charge >= 0.3 is 0 Å². The zero-order valence-corrected chi connectivity index (χ0v) is 12.1. The van der Waals surface area contributed by atoms with Gasteiger partial charge in [0.1, 0.15) is 12.7 Å². The van der Waals surface area contributed by atoms with Crippen LogP contribution in [0, 0.1) is 0 Å². The standard InChI is InChI=1S/C17H14ClN3/c18-17(15-9-5-2-6-10-15)16(11-21-13-19-12-20-21)14-7-3-1-4-8-14/h1-10,12-13H,11H2/b17-16+. The fraction of sp³-hybridized carbons (Fsp3) is 0.0588. The molecule has 21 heavy (non-hydrogen) atoms. The van der Waals surface area contributed by atoms with E-state index in [1.54, 1.807) is 11.0 Å². The van der Waals surface area contributed by atoms with Gasteiger partial charge in [-0.25, -0.2) is 9.67 Å². The molecule has 0 saturated heterocycles. The molecule has 3 aromatic rings. The lowest BCUT2D eigenvalue weighted by Gasteiger charge is -2.12. The predicted molar refractivity (Wildman–Crippen MR) is 85.6 cm³/mol. The fourth-order valence-corrected chi connectivity index (χ4v) is 2.46. The molecule has 0 atom stereocenters. The van der Waals surface area contributed by atoms with Crippen molar-refractivity contribution in [3.8, 4) is 0 Å². The van der Waals surface area contributed by atoms with Crippen molar-refractivity contribution in [2.75, 3.05) is 0 Å². The zero-order chi connectivity index (χ0) is 14.5. The minimum Gasteiger partial charge on any atom is -0.248 e. The lowest BCUT2D eigenvalue weighted by atomic mass is 10.0. The highest BCUT2D eigenvalue weighted by molar-refractivity contribution is 6.52. The van der Waals surface area contributed by atoms with Crippen molar-refractivity contribution in [3.05, 3.63) is 84.4 Å². The van der Waals surface area contributed by atoms with E-state index in [9.17, 15) is 0 Å². The highest BCUT2D eigenvalue weighted by Gasteiger charge is 2.10. The number of allylic oxidation sites excluding steroid dienone is 1. The Morgan fingerprint density at radius 1 is 0.905 bits per heavy atom. The van der Waals surface area contributed by atoms with Gasteiger partial charge in [0.15, 0.2) is 0 Å². The summed E-state index contributed by atoms with van der Waals surface area (Å²) in [5.74, 6) is 0. The minimum absolute atomic E-state index is 0.581. The summed E-state index contributed by atoms with van der Waals surface area (Å²) in [7, 11) is 0. The lowest BCUT2D eigenvalue weighted by Crippen LogP contribution is -2.02. The summed E-state index contributed by atoms with van der Waals surface area (Å²) in [5.41, 5.74) is 3.11. The summed E-state index contributed by atoms with van der Waals surface area (Å²) in [6.07, 6.45) is 3.22. The first-order chi connectivity index (χ1) is 10.3. The summed E-state index contributed by atoms with van der Waals surface area (Å²) >= 11 is 6.64. The van der Waals surface area contributed by atoms with Crippen LogP contribution < -0.4 is 0 Å². The molecule has 0 aliphatic rings. The van der Waals surface area contributed by atoms with Crippen LogP contribution in [0.1, 0.15) is 11.1 Å². The Hall–Kier alpha value is -2.39. The molecule has 0 aliphatic heterocycles. The molecular formula is C17H14ClN3. The van der Waals surface area contributed by atoms with E-state index in [1.165, 1.54) is 6.33 Å². The summed E-state index contributed by atoms with van der Waals surface area (Å²) in [6.45, 7) is 0.581. The average Bonchev–Trinajstić information content (AvgIpc) is 3.07. The third kappa shape index (κ3) is 3.20. The van der Waals surface area contributed by atoms with Gasteiger partial charge in [0, 0.05) is 5.57 Å². The second-order valence-corrected chi connectivity index (χ2v) is 5.00. The van der Waals surface area contributed by atoms with Gasteiger partial charge in [0.2, 0.25) is 0 Å². The first kappa shape index (κ1) is 13.6. The Balaban J connectivity index is 2.07. The smallest absolute Gasteiger partial charge is 0.137 e. The molecule has 104 valence electrons. The Labute approximate surface area is 128 Å². The molecule has 0 saturated carbocycles. The quantitative estimate of drug-likeness (QED) is 0.679. The highest BCUT2D eigenvalue weighted by Crippen LogP contribution is 2.30. The maximum absolute atomic E-state index is 6.64. The van der Waals surface area contributed by atoms with Crippen LogP contribution in [-0.4, -0.2) is 14.8 Å². The molecule has 0 radical (unpaired) electrons. The van der Waals surface area contributed by atoms with Crippen LogP contribution in [0.15, 0.2) is 73.3 Å². The summed E-state index contributed by atoms with van der Waals surface area (Å²) in [5, 5.41) is 4.90. The van der Waals surface area contributed by atoms with Gasteiger partial charge in [-0.15, -0.1) is 0 Å². The maximum atomic E-state index is 6.64. The molecule has 0 fully saturated rings. The van der Waals surface area contributed by atoms with Crippen molar-refractivity contribution in [1.29, 1.82) is 0 Å². The lowest BCUT2D eigenvalue weighted by molar-refractivity contribution is 0.711. The first-order valence-corrected chi connectivity index (χ1v) is 7.04. The van der Waals surface area contributed by atoms with Crippen LogP contribution in [0.25, 0.3) is 10.6 Å². The molecule has 1 heterocycles. The van der Waals surface area contributed by atoms with Gasteiger partial charge in [-0.05, 0) is 11.1 Å². The van der Waals surface area contributed by atoms with Crippen LogP contribution >= 0.6 is 11.6 Å². The third-order valence-corrected chi connectivity index (χ3v) is 3.65. The summed E-state index contributed by atoms with van der Waals surface area (Å²) in [4.78, 5) is 3.99. The molecule has 4 heteroatoms. The van der Waals surface area contributed by atoms with E-state index in [-0.39, 0.29) is 0 Å². The molecular weight excluding hydrogens is 282 g/mol. The van der Waals surface area contributed by atoms with Gasteiger partial charge in [-0.3, -0.25) is 0 Å². The van der Waals surface area contributed by atoms with Crippen molar-refractivity contribution in [2.45, 2.75) is 6.54 Å². The maximum Gasteiger partial charge on any atom is 0.137 e. The number of halogens is 1. The molecule has 3 nitrogen and oxygen atoms in total. The molecule has 2 aromatic carbocycles. The SMILES string of the molecule is Cl/C(=C(\Cn1cncn1)c1ccccc1)c1ccccc1. The number of aromatic nitrogens is 3. The largest absolute Gasteiger partial charge is 0.248 e. The number of hydrogen-bond donors (Lipinski definition) is 0. The van der Waals surface area contributed by atoms with E-state index in [0.29, 0.717) is 6.54 Å². The van der Waals surface area contributed by atoms with E-state index >= 15 is 0 Å². The zero-order valence-electron chi connectivity index (χ0n) is 11.4. The van der Waals surface area contributed by atoms with Crippen LogP contribution in [0.2, 0.25) is 0 Å². The molecule has 0 amide bonds. The Kier molecular flexibility index (Phi) is 4.12. The fourth-order valence-electron chi connectivity index (χ4n) is 2.16. The monoisotopic (exact) mass is 295 g/mol. The van der Waals surface area contributed by atoms with Crippen molar-refractivity contribution < 1.29 is 0 Å². The number of hydrogen-bond acceptors (Lipinski definition) is 2. The van der Waals surface area contributed by atoms with E-state index in [4.69, 9.17) is 11.6 Å². The first-order valence-electron chi connectivity index (χ1n) is 6.66. The molecule has 3 rings (SSSR count). The number of rotatable bonds is 4. The Morgan fingerprint density at radius 3 is 2.10 bits per heavy atom. The van der Waals surface area contributed by atoms with E-state index < -0.39 is 0 Å². The van der Waals surface area contributed by atoms with Crippen molar-refractivity contribution in [1.82, 2.24) is 14.8 Å². The van der Waals surface area contributed by atoms with E-state index in [1.807, 2.05) is 48.5 Å². The molecule has 0 bridgehead atoms. The van der Waals surface area contributed by atoms with Crippen molar-refractivity contribution in [3.63, 3.8) is 0 Å². The average molecular weight is 296 g/mol. The highest BCUT2D eigenvalue weighted by atomic mass is 35.5. The van der Waals surface area contributed by atoms with E-state index in [2.05, 4.69) is 22.2 Å². The van der Waals surface area contributed by atoms with Crippen molar-refractivity contribution >= 4 is 22.2 Å². The van der Waals surface area contributed by atoms with Gasteiger partial charge in [0.05, 0.1) is 11.6 Å². The Bertz CT molecular complexity index is 719. The predicted octanol–water partition coefficient (Wildman–Crippen LogP) is 4.09. The summed E-state index contributed by atoms with van der Waals surface area (Å²) in [6, 6.07) is 20.1. The second kappa shape index (κ2) is 6.37. The van der Waals surface area contributed by atoms with Crippen LogP contribution in [0.3, 0.4) is 0 Å². The minimum atomic E-state index is 0.581. The third-order valence-electron chi connectivity index (χ3n) is 3.20. The normalized spacial score (nSPS) is 12.0. The summed E-state index contributed by atoms with van der Waals surface area (Å²) < 4.78 is 1.77. The number of benzene rings is 2. The Morgan fingerprint density at radius 2 is 1.52 bits per heavy atom. The van der Waals surface area contributed by atoms with Gasteiger partial charge in [-0.2, -0.15) is 5.10 Å². The topological polar surface area (TPSA) is 30.7 Å². The van der Waals surface area contributed by atoms with Gasteiger partial charge < -0.3 is 0 Å². The molecule has 1 aromatic heterocycles. The van der Waals surface area contributed by atoms with Gasteiger partial charge in [0.25, 0.3) is 0 Å². The molecule has 0 N–H and O–H groups in total.